The first-order chi connectivity index (χ1) is 14.9. The van der Waals surface area contributed by atoms with Gasteiger partial charge in [0.25, 0.3) is 5.56 Å². The van der Waals surface area contributed by atoms with Crippen molar-refractivity contribution in [2.75, 3.05) is 10.6 Å². The molecular formula is C22H19ClN4O3S. The van der Waals surface area contributed by atoms with Crippen LogP contribution in [0.5, 0.6) is 0 Å². The molecule has 4 rings (SSSR count). The van der Waals surface area contributed by atoms with E-state index in [1.807, 2.05) is 43.3 Å². The van der Waals surface area contributed by atoms with Crippen molar-refractivity contribution in [2.45, 2.75) is 30.2 Å². The second-order valence-corrected chi connectivity index (χ2v) is 8.56. The van der Waals surface area contributed by atoms with Crippen molar-refractivity contribution < 1.29 is 9.59 Å². The molecule has 3 aromatic rings. The summed E-state index contributed by atoms with van der Waals surface area (Å²) in [5.41, 5.74) is 2.22. The van der Waals surface area contributed by atoms with E-state index in [4.69, 9.17) is 11.6 Å². The second-order valence-electron chi connectivity index (χ2n) is 7.16. The van der Waals surface area contributed by atoms with Crippen molar-refractivity contribution in [2.24, 2.45) is 0 Å². The molecule has 7 nitrogen and oxygen atoms in total. The molecule has 0 spiro atoms. The molecule has 1 aromatic heterocycles. The standard InChI is InChI=1S/C22H19ClN4O3S/c1-12-5-2-3-8-16(12)24-20(29)15-10-17(28)25-19-18(15)21(30)27-22(26-19)31-11-13-6-4-7-14(23)9-13/h2-9,15H,10-11H2,1H3,(H,24,29)(H2,25,26,27,28,30)/t15-/m0/s1. The summed E-state index contributed by atoms with van der Waals surface area (Å²) in [5, 5.41) is 6.42. The van der Waals surface area contributed by atoms with Gasteiger partial charge in [-0.1, -0.05) is 53.7 Å². The first-order valence-corrected chi connectivity index (χ1v) is 10.9. The Morgan fingerprint density at radius 3 is 2.81 bits per heavy atom. The van der Waals surface area contributed by atoms with Crippen LogP contribution in [0.25, 0.3) is 0 Å². The van der Waals surface area contributed by atoms with Gasteiger partial charge in [-0.3, -0.25) is 14.4 Å². The predicted octanol–water partition coefficient (Wildman–Crippen LogP) is 4.09. The number of thioether (sulfide) groups is 1. The van der Waals surface area contributed by atoms with Gasteiger partial charge in [0.2, 0.25) is 11.8 Å². The number of aromatic amines is 1. The van der Waals surface area contributed by atoms with Crippen molar-refractivity contribution in [3.05, 3.63) is 80.6 Å². The lowest BCUT2D eigenvalue weighted by molar-refractivity contribution is -0.123. The highest BCUT2D eigenvalue weighted by atomic mass is 35.5. The number of halogens is 1. The Bertz CT molecular complexity index is 1230. The highest BCUT2D eigenvalue weighted by Crippen LogP contribution is 2.31. The van der Waals surface area contributed by atoms with Gasteiger partial charge in [-0.15, -0.1) is 0 Å². The molecule has 3 N–H and O–H groups in total. The third-order valence-electron chi connectivity index (χ3n) is 4.91. The minimum Gasteiger partial charge on any atom is -0.325 e. The van der Waals surface area contributed by atoms with Crippen LogP contribution in [0.3, 0.4) is 0 Å². The smallest absolute Gasteiger partial charge is 0.257 e. The Morgan fingerprint density at radius 1 is 1.23 bits per heavy atom. The van der Waals surface area contributed by atoms with Crippen molar-refractivity contribution in [3.8, 4) is 0 Å². The molecule has 1 atom stereocenters. The lowest BCUT2D eigenvalue weighted by atomic mass is 9.92. The second kappa shape index (κ2) is 8.95. The number of anilines is 2. The molecule has 9 heteroatoms. The quantitative estimate of drug-likeness (QED) is 0.398. The molecule has 0 saturated heterocycles. The summed E-state index contributed by atoms with van der Waals surface area (Å²) < 4.78 is 0. The first kappa shape index (κ1) is 21.1. The molecule has 2 heterocycles. The number of hydrogen-bond donors (Lipinski definition) is 3. The Balaban J connectivity index is 1.58. The maximum Gasteiger partial charge on any atom is 0.257 e. The number of para-hydroxylation sites is 1. The normalized spacial score (nSPS) is 15.2. The largest absolute Gasteiger partial charge is 0.325 e. The molecule has 0 aliphatic carbocycles. The van der Waals surface area contributed by atoms with Crippen LogP contribution in [0.2, 0.25) is 5.02 Å². The van der Waals surface area contributed by atoms with Gasteiger partial charge in [-0.2, -0.15) is 0 Å². The van der Waals surface area contributed by atoms with E-state index < -0.39 is 17.4 Å². The van der Waals surface area contributed by atoms with E-state index in [-0.39, 0.29) is 23.7 Å². The molecule has 2 amide bonds. The van der Waals surface area contributed by atoms with Gasteiger partial charge in [-0.05, 0) is 36.2 Å². The number of carbonyl (C=O) groups excluding carboxylic acids is 2. The molecule has 0 saturated carbocycles. The van der Waals surface area contributed by atoms with Crippen LogP contribution in [0.4, 0.5) is 11.5 Å². The highest BCUT2D eigenvalue weighted by Gasteiger charge is 2.34. The summed E-state index contributed by atoms with van der Waals surface area (Å²) in [6.07, 6.45) is -0.121. The van der Waals surface area contributed by atoms with Gasteiger partial charge in [-0.25, -0.2) is 4.98 Å². The SMILES string of the molecule is Cc1ccccc1NC(=O)[C@H]1CC(=O)Nc2nc(SCc3cccc(Cl)c3)[nH]c(=O)c21. The number of nitrogens with zero attached hydrogens (tertiary/aromatic N) is 1. The summed E-state index contributed by atoms with van der Waals surface area (Å²) in [7, 11) is 0. The zero-order valence-electron chi connectivity index (χ0n) is 16.6. The van der Waals surface area contributed by atoms with Gasteiger partial charge < -0.3 is 15.6 Å². The number of H-pyrrole nitrogens is 1. The average Bonchev–Trinajstić information content (AvgIpc) is 2.73. The Labute approximate surface area is 187 Å². The average molecular weight is 455 g/mol. The number of fused-ring (bicyclic) bond motifs is 1. The van der Waals surface area contributed by atoms with E-state index >= 15 is 0 Å². The summed E-state index contributed by atoms with van der Waals surface area (Å²) >= 11 is 7.32. The molecule has 1 aliphatic rings. The zero-order valence-corrected chi connectivity index (χ0v) is 18.1. The number of amides is 2. The number of rotatable bonds is 5. The van der Waals surface area contributed by atoms with Crippen LogP contribution in [-0.2, 0) is 15.3 Å². The van der Waals surface area contributed by atoms with Gasteiger partial charge >= 0.3 is 0 Å². The van der Waals surface area contributed by atoms with Gasteiger partial charge in [0.05, 0.1) is 11.5 Å². The van der Waals surface area contributed by atoms with E-state index in [0.717, 1.165) is 11.1 Å². The van der Waals surface area contributed by atoms with E-state index in [0.29, 0.717) is 21.6 Å². The maximum absolute atomic E-state index is 12.9. The minimum atomic E-state index is -0.924. The minimum absolute atomic E-state index is 0.121. The van der Waals surface area contributed by atoms with Crippen molar-refractivity contribution in [1.29, 1.82) is 0 Å². The zero-order chi connectivity index (χ0) is 22.0. The molecule has 2 aromatic carbocycles. The Kier molecular flexibility index (Phi) is 6.11. The Morgan fingerprint density at radius 2 is 2.03 bits per heavy atom. The molecule has 0 fully saturated rings. The number of nitrogens with one attached hydrogen (secondary N) is 3. The molecule has 31 heavy (non-hydrogen) atoms. The molecule has 0 unspecified atom stereocenters. The number of aryl methyl sites for hydroxylation is 1. The summed E-state index contributed by atoms with van der Waals surface area (Å²) in [6, 6.07) is 14.7. The van der Waals surface area contributed by atoms with E-state index in [1.165, 1.54) is 11.8 Å². The van der Waals surface area contributed by atoms with E-state index in [2.05, 4.69) is 20.6 Å². The number of hydrogen-bond acceptors (Lipinski definition) is 5. The van der Waals surface area contributed by atoms with Gasteiger partial charge in [0.15, 0.2) is 5.16 Å². The fraction of sp³-hybridized carbons (Fsp3) is 0.182. The monoisotopic (exact) mass is 454 g/mol. The maximum atomic E-state index is 12.9. The molecule has 158 valence electrons. The fourth-order valence-corrected chi connectivity index (χ4v) is 4.37. The summed E-state index contributed by atoms with van der Waals surface area (Å²) in [5.74, 6) is -1.04. The molecule has 0 bridgehead atoms. The van der Waals surface area contributed by atoms with Crippen LogP contribution in [-0.4, -0.2) is 21.8 Å². The van der Waals surface area contributed by atoms with Crippen LogP contribution >= 0.6 is 23.4 Å². The van der Waals surface area contributed by atoms with Crippen molar-refractivity contribution >= 4 is 46.7 Å². The van der Waals surface area contributed by atoms with E-state index in [1.54, 1.807) is 12.1 Å². The Hall–Kier alpha value is -3.10. The van der Waals surface area contributed by atoms with Crippen molar-refractivity contribution in [1.82, 2.24) is 9.97 Å². The van der Waals surface area contributed by atoms with E-state index in [9.17, 15) is 14.4 Å². The van der Waals surface area contributed by atoms with Gasteiger partial charge in [0.1, 0.15) is 5.82 Å². The van der Waals surface area contributed by atoms with Crippen LogP contribution in [0, 0.1) is 6.92 Å². The van der Waals surface area contributed by atoms with Crippen LogP contribution in [0.15, 0.2) is 58.5 Å². The number of aromatic nitrogens is 2. The van der Waals surface area contributed by atoms with Gasteiger partial charge in [0, 0.05) is 22.9 Å². The lowest BCUT2D eigenvalue weighted by Crippen LogP contribution is -2.36. The number of benzene rings is 2. The lowest BCUT2D eigenvalue weighted by Gasteiger charge is -2.23. The predicted molar refractivity (Wildman–Crippen MR) is 122 cm³/mol. The first-order valence-electron chi connectivity index (χ1n) is 9.58. The van der Waals surface area contributed by atoms with Crippen LogP contribution in [0.1, 0.15) is 29.0 Å². The molecule has 1 aliphatic heterocycles. The fourth-order valence-electron chi connectivity index (χ4n) is 3.35. The third kappa shape index (κ3) is 4.81. The topological polar surface area (TPSA) is 104 Å². The summed E-state index contributed by atoms with van der Waals surface area (Å²) in [6.45, 7) is 1.87. The highest BCUT2D eigenvalue weighted by molar-refractivity contribution is 7.98. The van der Waals surface area contributed by atoms with Crippen LogP contribution < -0.4 is 16.2 Å². The van der Waals surface area contributed by atoms with Crippen molar-refractivity contribution in [3.63, 3.8) is 0 Å². The third-order valence-corrected chi connectivity index (χ3v) is 6.09. The molecule has 0 radical (unpaired) electrons. The molecular weight excluding hydrogens is 436 g/mol. The summed E-state index contributed by atoms with van der Waals surface area (Å²) in [4.78, 5) is 45.1. The number of carbonyl (C=O) groups is 2.